The molecule has 15 N–H and O–H groups in total. The van der Waals surface area contributed by atoms with Crippen LogP contribution in [0, 0.1) is 3.57 Å². The van der Waals surface area contributed by atoms with Gasteiger partial charge in [-0.3, -0.25) is 38.4 Å². The van der Waals surface area contributed by atoms with Gasteiger partial charge < -0.3 is 64.5 Å². The Morgan fingerprint density at radius 1 is 0.545 bits per heavy atom. The van der Waals surface area contributed by atoms with Crippen molar-refractivity contribution < 1.29 is 43.5 Å². The first-order chi connectivity index (χ1) is 36.9. The number of H-pyrrole nitrogens is 1. The average Bonchev–Trinajstić information content (AvgIpc) is 3.83. The lowest BCUT2D eigenvalue weighted by molar-refractivity contribution is -0.137. The Kier molecular flexibility index (Phi) is 24.7. The molecule has 1 aromatic heterocycles. The maximum absolute atomic E-state index is 14.9. The van der Waals surface area contributed by atoms with E-state index in [9.17, 15) is 43.5 Å². The summed E-state index contributed by atoms with van der Waals surface area (Å²) in [5.41, 5.74) is 20.7. The summed E-state index contributed by atoms with van der Waals surface area (Å²) < 4.78 is 0.919. The van der Waals surface area contributed by atoms with Crippen molar-refractivity contribution in [3.8, 4) is 0 Å². The number of para-hydroxylation sites is 1. The lowest BCUT2D eigenvalue weighted by Gasteiger charge is -2.29. The smallest absolute Gasteiger partial charge is 0.245 e. The standard InChI is InChI=1S/C54H68IN11O9S2/c1-31(67)46(54(75)64-43(25-33-14-6-3-7-15-33)52(73)65-45(30-77)47(58)68)66-49(70)40(18-10-11-23-56)60-53(74)44(27-35-28-59-39-17-9-8-16-37(35)39)63-51(72)42(26-34-19-21-36(55)22-20-34)62-50(71)41(61-48(69)38(57)29-76)24-32-12-4-2-5-13-32/h2-9,12-17,19-22,28,31,38,40-46,59,67,76-77H,10-11,18,23-27,29-30,56-57H2,1H3,(H2,58,68)(H,60,74)(H,61,69)(H,62,71)(H,63,72)(H,64,75)(H,65,73)(H,66,70)/t31?,38-,40-,41-,42-,43-,44+,45-,46-/m0/s1. The predicted octanol–water partition coefficient (Wildman–Crippen LogP) is 0.619. The molecular weight excluding hydrogens is 1140 g/mol. The first-order valence-electron chi connectivity index (χ1n) is 25.1. The molecule has 8 amide bonds. The molecular formula is C54H68IN11O9S2. The number of rotatable bonds is 30. The van der Waals surface area contributed by atoms with E-state index in [0.29, 0.717) is 35.1 Å². The van der Waals surface area contributed by atoms with Crippen LogP contribution >= 0.6 is 47.8 Å². The molecule has 23 heteroatoms. The maximum atomic E-state index is 14.9. The first-order valence-corrected chi connectivity index (χ1v) is 27.4. The number of primary amides is 1. The zero-order chi connectivity index (χ0) is 56.0. The molecule has 4 aromatic carbocycles. The van der Waals surface area contributed by atoms with Gasteiger partial charge in [0.2, 0.25) is 47.3 Å². The Morgan fingerprint density at radius 2 is 0.987 bits per heavy atom. The molecule has 0 aliphatic heterocycles. The number of amides is 8. The monoisotopic (exact) mass is 1210 g/mol. The number of hydrogen-bond donors (Lipinski definition) is 14. The fraction of sp³-hybridized carbons (Fsp3) is 0.370. The molecule has 1 heterocycles. The molecule has 5 aromatic rings. The van der Waals surface area contributed by atoms with Crippen molar-refractivity contribution in [2.24, 2.45) is 17.2 Å². The number of carbonyl (C=O) groups excluding carboxylic acids is 8. The maximum Gasteiger partial charge on any atom is 0.245 e. The number of halogens is 1. The first kappa shape index (κ1) is 61.3. The van der Waals surface area contributed by atoms with E-state index in [-0.39, 0.29) is 50.2 Å². The SMILES string of the molecule is CC(O)[C@H](NC(=O)[C@H](CCCCN)NC(=O)[C@@H](Cc1c[nH]c2ccccc12)NC(=O)[C@H](Cc1ccc(I)cc1)NC(=O)[C@H](Cc1ccccc1)NC(=O)[C@@H](N)CS)C(=O)N[C@@H](Cc1ccccc1)C(=O)N[C@@H](CS)C(N)=O. The molecule has 77 heavy (non-hydrogen) atoms. The number of benzene rings is 4. The second-order valence-corrected chi connectivity index (χ2v) is 20.5. The summed E-state index contributed by atoms with van der Waals surface area (Å²) >= 11 is 10.4. The van der Waals surface area contributed by atoms with Gasteiger partial charge in [0, 0.05) is 57.9 Å². The summed E-state index contributed by atoms with van der Waals surface area (Å²) in [6.45, 7) is 1.51. The van der Waals surface area contributed by atoms with Crippen molar-refractivity contribution in [2.45, 2.75) is 106 Å². The summed E-state index contributed by atoms with van der Waals surface area (Å²) in [6, 6.07) is 21.8. The summed E-state index contributed by atoms with van der Waals surface area (Å²) in [5.74, 6) is -6.51. The molecule has 0 saturated carbocycles. The Bertz CT molecular complexity index is 2770. The molecule has 0 fully saturated rings. The molecule has 0 aliphatic carbocycles. The Balaban J connectivity index is 1.45. The van der Waals surface area contributed by atoms with Crippen molar-refractivity contribution in [3.63, 3.8) is 0 Å². The zero-order valence-corrected chi connectivity index (χ0v) is 46.4. The van der Waals surface area contributed by atoms with Crippen LogP contribution in [-0.2, 0) is 64.0 Å². The van der Waals surface area contributed by atoms with E-state index in [1.54, 1.807) is 72.9 Å². The molecule has 412 valence electrons. The number of aromatic amines is 1. The zero-order valence-electron chi connectivity index (χ0n) is 42.5. The van der Waals surface area contributed by atoms with Crippen molar-refractivity contribution in [1.82, 2.24) is 42.2 Å². The fourth-order valence-electron chi connectivity index (χ4n) is 8.25. The molecule has 0 saturated heterocycles. The van der Waals surface area contributed by atoms with Crippen LogP contribution in [0.2, 0.25) is 0 Å². The van der Waals surface area contributed by atoms with Gasteiger partial charge in [0.1, 0.15) is 42.3 Å². The van der Waals surface area contributed by atoms with Crippen molar-refractivity contribution in [2.75, 3.05) is 18.1 Å². The second kappa shape index (κ2) is 31.0. The molecule has 0 bridgehead atoms. The number of unbranched alkanes of at least 4 members (excludes halogenated alkanes) is 1. The highest BCUT2D eigenvalue weighted by atomic mass is 127. The molecule has 9 atom stereocenters. The van der Waals surface area contributed by atoms with Crippen LogP contribution < -0.4 is 54.4 Å². The van der Waals surface area contributed by atoms with Gasteiger partial charge in [-0.2, -0.15) is 25.3 Å². The molecule has 0 aliphatic rings. The van der Waals surface area contributed by atoms with E-state index in [4.69, 9.17) is 17.2 Å². The average molecular weight is 1210 g/mol. The highest BCUT2D eigenvalue weighted by Crippen LogP contribution is 2.20. The van der Waals surface area contributed by atoms with Gasteiger partial charge in [0.05, 0.1) is 12.1 Å². The number of thiol groups is 2. The van der Waals surface area contributed by atoms with Crippen LogP contribution in [0.3, 0.4) is 0 Å². The molecule has 5 rings (SSSR count). The van der Waals surface area contributed by atoms with E-state index in [2.05, 4.69) is 90.0 Å². The van der Waals surface area contributed by atoms with Crippen LogP contribution in [0.25, 0.3) is 10.9 Å². The number of nitrogens with one attached hydrogen (secondary N) is 8. The number of carbonyl (C=O) groups is 8. The third kappa shape index (κ3) is 19.2. The molecule has 0 spiro atoms. The lowest BCUT2D eigenvalue weighted by atomic mass is 10.00. The number of aliphatic hydroxyl groups excluding tert-OH is 1. The quantitative estimate of drug-likeness (QED) is 0.0172. The largest absolute Gasteiger partial charge is 0.391 e. The third-order valence-electron chi connectivity index (χ3n) is 12.6. The summed E-state index contributed by atoms with van der Waals surface area (Å²) in [6.07, 6.45) is 0.780. The minimum atomic E-state index is -1.67. The van der Waals surface area contributed by atoms with Crippen LogP contribution in [0.5, 0.6) is 0 Å². The summed E-state index contributed by atoms with van der Waals surface area (Å²) in [7, 11) is 0. The van der Waals surface area contributed by atoms with Crippen LogP contribution in [0.1, 0.15) is 48.4 Å². The van der Waals surface area contributed by atoms with Crippen LogP contribution in [0.4, 0.5) is 0 Å². The highest BCUT2D eigenvalue weighted by molar-refractivity contribution is 14.1. The lowest BCUT2D eigenvalue weighted by Crippen LogP contribution is -2.62. The van der Waals surface area contributed by atoms with Gasteiger partial charge in [0.25, 0.3) is 0 Å². The fourth-order valence-corrected chi connectivity index (χ4v) is 9.05. The minimum absolute atomic E-state index is 0.00325. The van der Waals surface area contributed by atoms with Gasteiger partial charge in [-0.1, -0.05) is 91.0 Å². The van der Waals surface area contributed by atoms with Crippen LogP contribution in [0.15, 0.2) is 115 Å². The van der Waals surface area contributed by atoms with E-state index in [1.165, 1.54) is 6.92 Å². The topological polar surface area (TPSA) is 335 Å². The second-order valence-electron chi connectivity index (χ2n) is 18.5. The van der Waals surface area contributed by atoms with E-state index >= 15 is 0 Å². The van der Waals surface area contributed by atoms with Gasteiger partial charge in [-0.25, -0.2) is 0 Å². The Labute approximate surface area is 471 Å². The highest BCUT2D eigenvalue weighted by Gasteiger charge is 2.36. The van der Waals surface area contributed by atoms with E-state index in [0.717, 1.165) is 14.5 Å². The molecule has 20 nitrogen and oxygen atoms in total. The van der Waals surface area contributed by atoms with Crippen molar-refractivity contribution in [1.29, 1.82) is 0 Å². The third-order valence-corrected chi connectivity index (χ3v) is 14.0. The van der Waals surface area contributed by atoms with E-state index < -0.39 is 102 Å². The van der Waals surface area contributed by atoms with E-state index in [1.807, 2.05) is 42.5 Å². The summed E-state index contributed by atoms with van der Waals surface area (Å²) in [5, 5.41) is 30.5. The molecule has 0 radical (unpaired) electrons. The number of nitrogens with two attached hydrogens (primary N) is 3. The minimum Gasteiger partial charge on any atom is -0.391 e. The van der Waals surface area contributed by atoms with Gasteiger partial charge in [0.15, 0.2) is 0 Å². The Hall–Kier alpha value is -6.51. The predicted molar refractivity (Wildman–Crippen MR) is 308 cm³/mol. The summed E-state index contributed by atoms with van der Waals surface area (Å²) in [4.78, 5) is 114. The number of fused-ring (bicyclic) bond motifs is 1. The van der Waals surface area contributed by atoms with Crippen molar-refractivity contribution in [3.05, 3.63) is 141 Å². The Morgan fingerprint density at radius 3 is 1.48 bits per heavy atom. The van der Waals surface area contributed by atoms with Crippen molar-refractivity contribution >= 4 is 106 Å². The normalized spacial score (nSPS) is 14.7. The van der Waals surface area contributed by atoms with Crippen LogP contribution in [-0.4, -0.2) is 130 Å². The van der Waals surface area contributed by atoms with Gasteiger partial charge in [-0.05, 0) is 95.8 Å². The van der Waals surface area contributed by atoms with Gasteiger partial charge in [-0.15, -0.1) is 0 Å². The molecule has 1 unspecified atom stereocenters. The number of aliphatic hydroxyl groups is 1. The van der Waals surface area contributed by atoms with Gasteiger partial charge >= 0.3 is 0 Å². The number of hydrogen-bond acceptors (Lipinski definition) is 13. The number of aromatic nitrogens is 1.